The zero-order chi connectivity index (χ0) is 19.9. The molecular formula is C17H24N2O6S2. The molecule has 0 aliphatic heterocycles. The fourth-order valence-electron chi connectivity index (χ4n) is 1.98. The van der Waals surface area contributed by atoms with Gasteiger partial charge in [0, 0.05) is 1.43 Å². The first-order valence-electron chi connectivity index (χ1n) is 7.99. The van der Waals surface area contributed by atoms with Gasteiger partial charge in [0.05, 0.1) is 9.79 Å². The molecule has 150 valence electrons. The smallest absolute Gasteiger partial charge is 0.242 e. The van der Waals surface area contributed by atoms with Crippen LogP contribution in [0.4, 0.5) is 0 Å². The summed E-state index contributed by atoms with van der Waals surface area (Å²) in [5.41, 5.74) is 1.90. The van der Waals surface area contributed by atoms with Gasteiger partial charge in [-0.3, -0.25) is 0 Å². The van der Waals surface area contributed by atoms with Gasteiger partial charge in [-0.2, -0.15) is 9.44 Å². The van der Waals surface area contributed by atoms with E-state index >= 15 is 0 Å². The Balaban J connectivity index is 0.00000392. The minimum absolute atomic E-state index is 0. The maximum Gasteiger partial charge on any atom is 0.242 e. The van der Waals surface area contributed by atoms with Gasteiger partial charge in [0.25, 0.3) is 0 Å². The SMILES string of the molecule is Cc1ccc(S(=O)(=O)NCOCOCNS(=O)(=O)c2ccc(C)cc2)cc1.[HH]. The maximum atomic E-state index is 12.0. The number of aryl methyl sites for hydroxylation is 2. The maximum absolute atomic E-state index is 12.0. The van der Waals surface area contributed by atoms with Gasteiger partial charge in [-0.25, -0.2) is 16.8 Å². The van der Waals surface area contributed by atoms with Gasteiger partial charge in [-0.05, 0) is 38.1 Å². The Bertz CT molecular complexity index is 867. The summed E-state index contributed by atoms with van der Waals surface area (Å²) in [7, 11) is -7.35. The molecule has 0 fully saturated rings. The summed E-state index contributed by atoms with van der Waals surface area (Å²) in [4.78, 5) is 0.256. The minimum atomic E-state index is -3.67. The predicted molar refractivity (Wildman–Crippen MR) is 102 cm³/mol. The van der Waals surface area contributed by atoms with Crippen molar-refractivity contribution >= 4 is 20.0 Å². The Morgan fingerprint density at radius 2 is 1.04 bits per heavy atom. The van der Waals surface area contributed by atoms with Gasteiger partial charge in [-0.1, -0.05) is 35.4 Å². The molecular weight excluding hydrogens is 392 g/mol. The van der Waals surface area contributed by atoms with E-state index in [2.05, 4.69) is 9.44 Å². The summed E-state index contributed by atoms with van der Waals surface area (Å²) in [5.74, 6) is 0. The first-order chi connectivity index (χ1) is 12.7. The second-order valence-electron chi connectivity index (χ2n) is 5.74. The van der Waals surface area contributed by atoms with Crippen molar-refractivity contribution in [2.45, 2.75) is 23.6 Å². The lowest BCUT2D eigenvalue weighted by atomic mass is 10.2. The standard InChI is InChI=1S/C17H22N2O6S2.H2/c1-14-3-7-16(8-4-14)26(20,21)18-11-24-13-25-12-19-27(22,23)17-9-5-15(2)6-10-17;/h3-10,18-19H,11-13H2,1-2H3;1H. The molecule has 2 N–H and O–H groups in total. The Hall–Kier alpha value is -1.82. The number of hydrogen-bond donors (Lipinski definition) is 2. The molecule has 27 heavy (non-hydrogen) atoms. The molecule has 2 aromatic carbocycles. The molecule has 2 aromatic rings. The average Bonchev–Trinajstić information content (AvgIpc) is 2.61. The fraction of sp³-hybridized carbons (Fsp3) is 0.294. The Kier molecular flexibility index (Phi) is 7.48. The van der Waals surface area contributed by atoms with Gasteiger partial charge in [0.2, 0.25) is 20.0 Å². The highest BCUT2D eigenvalue weighted by molar-refractivity contribution is 7.89. The van der Waals surface area contributed by atoms with Crippen molar-refractivity contribution in [3.8, 4) is 0 Å². The normalized spacial score (nSPS) is 12.2. The molecule has 0 saturated heterocycles. The minimum Gasteiger partial charge on any atom is -0.339 e. The summed E-state index contributed by atoms with van der Waals surface area (Å²) in [6, 6.07) is 12.7. The van der Waals surface area contributed by atoms with E-state index in [1.165, 1.54) is 24.3 Å². The molecule has 0 spiro atoms. The number of sulfonamides is 2. The Morgan fingerprint density at radius 1 is 0.704 bits per heavy atom. The Morgan fingerprint density at radius 3 is 1.37 bits per heavy atom. The highest BCUT2D eigenvalue weighted by Crippen LogP contribution is 2.10. The molecule has 0 aromatic heterocycles. The molecule has 0 heterocycles. The largest absolute Gasteiger partial charge is 0.339 e. The van der Waals surface area contributed by atoms with Crippen LogP contribution in [0, 0.1) is 13.8 Å². The zero-order valence-electron chi connectivity index (χ0n) is 15.0. The van der Waals surface area contributed by atoms with E-state index in [-0.39, 0.29) is 31.5 Å². The van der Waals surface area contributed by atoms with Gasteiger partial charge in [0.15, 0.2) is 0 Å². The average molecular weight is 417 g/mol. The molecule has 0 atom stereocenters. The van der Waals surface area contributed by atoms with Crippen molar-refractivity contribution in [2.24, 2.45) is 0 Å². The first kappa shape index (κ1) is 21.5. The lowest BCUT2D eigenvalue weighted by Crippen LogP contribution is -2.29. The third kappa shape index (κ3) is 6.69. The van der Waals surface area contributed by atoms with Crippen LogP contribution in [0.5, 0.6) is 0 Å². The van der Waals surface area contributed by atoms with Crippen LogP contribution in [-0.4, -0.2) is 37.1 Å². The van der Waals surface area contributed by atoms with Gasteiger partial charge in [-0.15, -0.1) is 0 Å². The number of ether oxygens (including phenoxy) is 2. The summed E-state index contributed by atoms with van der Waals surface area (Å²) >= 11 is 0. The van der Waals surface area contributed by atoms with Gasteiger partial charge >= 0.3 is 0 Å². The van der Waals surface area contributed by atoms with Crippen molar-refractivity contribution < 1.29 is 27.7 Å². The van der Waals surface area contributed by atoms with Crippen LogP contribution in [0.3, 0.4) is 0 Å². The lowest BCUT2D eigenvalue weighted by molar-refractivity contribution is -0.0561. The third-order valence-electron chi connectivity index (χ3n) is 3.53. The molecule has 0 saturated carbocycles. The van der Waals surface area contributed by atoms with Crippen LogP contribution >= 0.6 is 0 Å². The summed E-state index contributed by atoms with van der Waals surface area (Å²) in [5, 5.41) is 0. The van der Waals surface area contributed by atoms with Crippen molar-refractivity contribution in [3.05, 3.63) is 59.7 Å². The van der Waals surface area contributed by atoms with Crippen LogP contribution in [0.15, 0.2) is 58.3 Å². The number of benzene rings is 2. The zero-order valence-corrected chi connectivity index (χ0v) is 16.6. The molecule has 0 aliphatic carbocycles. The first-order valence-corrected chi connectivity index (χ1v) is 11.0. The van der Waals surface area contributed by atoms with Crippen LogP contribution in [0.25, 0.3) is 0 Å². The molecule has 10 heteroatoms. The second-order valence-corrected chi connectivity index (χ2v) is 9.27. The topological polar surface area (TPSA) is 111 Å². The molecule has 0 bridgehead atoms. The lowest BCUT2D eigenvalue weighted by Gasteiger charge is -2.10. The fourth-order valence-corrected chi connectivity index (χ4v) is 3.78. The third-order valence-corrected chi connectivity index (χ3v) is 6.31. The van der Waals surface area contributed by atoms with Gasteiger partial charge in [0.1, 0.15) is 20.3 Å². The highest BCUT2D eigenvalue weighted by atomic mass is 32.2. The molecule has 0 aliphatic rings. The summed E-state index contributed by atoms with van der Waals surface area (Å²) in [6.07, 6.45) is 0. The molecule has 2 rings (SSSR count). The van der Waals surface area contributed by atoms with Crippen molar-refractivity contribution in [2.75, 3.05) is 20.3 Å². The quantitative estimate of drug-likeness (QED) is 0.451. The predicted octanol–water partition coefficient (Wildman–Crippen LogP) is 1.71. The second kappa shape index (κ2) is 9.40. The number of rotatable bonds is 10. The summed E-state index contributed by atoms with van der Waals surface area (Å²) in [6.45, 7) is 2.82. The Labute approximate surface area is 161 Å². The highest BCUT2D eigenvalue weighted by Gasteiger charge is 2.14. The summed E-state index contributed by atoms with van der Waals surface area (Å²) < 4.78 is 62.6. The monoisotopic (exact) mass is 416 g/mol. The molecule has 0 unspecified atom stereocenters. The van der Waals surface area contributed by atoms with E-state index in [1.54, 1.807) is 24.3 Å². The number of hydrogen-bond acceptors (Lipinski definition) is 6. The van der Waals surface area contributed by atoms with E-state index in [0.29, 0.717) is 0 Å². The van der Waals surface area contributed by atoms with E-state index in [0.717, 1.165) is 11.1 Å². The molecule has 0 amide bonds. The van der Waals surface area contributed by atoms with E-state index in [4.69, 9.17) is 9.47 Å². The van der Waals surface area contributed by atoms with E-state index in [9.17, 15) is 16.8 Å². The van der Waals surface area contributed by atoms with Crippen LogP contribution in [-0.2, 0) is 29.5 Å². The van der Waals surface area contributed by atoms with E-state index < -0.39 is 20.0 Å². The number of nitrogens with one attached hydrogen (secondary N) is 2. The van der Waals surface area contributed by atoms with Crippen LogP contribution in [0.1, 0.15) is 12.6 Å². The molecule has 0 radical (unpaired) electrons. The van der Waals surface area contributed by atoms with Crippen molar-refractivity contribution in [3.63, 3.8) is 0 Å². The van der Waals surface area contributed by atoms with Crippen LogP contribution in [0.2, 0.25) is 0 Å². The van der Waals surface area contributed by atoms with Crippen molar-refractivity contribution in [1.82, 2.24) is 9.44 Å². The van der Waals surface area contributed by atoms with E-state index in [1.807, 2.05) is 13.8 Å². The van der Waals surface area contributed by atoms with Crippen LogP contribution < -0.4 is 9.44 Å². The van der Waals surface area contributed by atoms with Gasteiger partial charge < -0.3 is 9.47 Å². The van der Waals surface area contributed by atoms with Crippen molar-refractivity contribution in [1.29, 1.82) is 0 Å². The molecule has 8 nitrogen and oxygen atoms in total.